The number of anilines is 1. The smallest absolute Gasteiger partial charge is 0.398 e. The van der Waals surface area contributed by atoms with Crippen LogP contribution >= 0.6 is 0 Å². The molecule has 1 aromatic carbocycles. The van der Waals surface area contributed by atoms with Gasteiger partial charge in [-0.1, -0.05) is 0 Å². The van der Waals surface area contributed by atoms with Crippen LogP contribution < -0.4 is 11.1 Å². The number of benzene rings is 1. The molecule has 0 unspecified atom stereocenters. The molecule has 0 aliphatic heterocycles. The number of nitrogen functional groups attached to an aromatic ring is 1. The largest absolute Gasteiger partial charge is 0.418 e. The van der Waals surface area contributed by atoms with E-state index in [0.29, 0.717) is 0 Å². The SMILES string of the molecule is CC1(NC(=O)c2ccc(C(F)(F)F)c(N)c2)CC1. The normalized spacial score (nSPS) is 17.3. The summed E-state index contributed by atoms with van der Waals surface area (Å²) in [4.78, 5) is 11.8. The maximum atomic E-state index is 12.5. The maximum absolute atomic E-state index is 12.5. The Bertz CT molecular complexity index is 493. The van der Waals surface area contributed by atoms with E-state index in [-0.39, 0.29) is 11.1 Å². The molecular weight excluding hydrogens is 245 g/mol. The molecule has 18 heavy (non-hydrogen) atoms. The maximum Gasteiger partial charge on any atom is 0.418 e. The van der Waals surface area contributed by atoms with Gasteiger partial charge in [-0.2, -0.15) is 13.2 Å². The number of alkyl halides is 3. The molecule has 6 heteroatoms. The summed E-state index contributed by atoms with van der Waals surface area (Å²) in [7, 11) is 0. The van der Waals surface area contributed by atoms with E-state index in [0.717, 1.165) is 31.0 Å². The van der Waals surface area contributed by atoms with Gasteiger partial charge in [-0.05, 0) is 38.0 Å². The molecular formula is C12H13F3N2O. The van der Waals surface area contributed by atoms with Gasteiger partial charge in [0.1, 0.15) is 0 Å². The first-order chi connectivity index (χ1) is 8.21. The van der Waals surface area contributed by atoms with Crippen LogP contribution in [0.15, 0.2) is 18.2 Å². The minimum atomic E-state index is -4.50. The van der Waals surface area contributed by atoms with Crippen LogP contribution in [-0.2, 0) is 6.18 Å². The second-order valence-electron chi connectivity index (χ2n) is 4.81. The highest BCUT2D eigenvalue weighted by molar-refractivity contribution is 5.96. The van der Waals surface area contributed by atoms with Gasteiger partial charge in [-0.3, -0.25) is 4.79 Å². The van der Waals surface area contributed by atoms with E-state index in [4.69, 9.17) is 5.73 Å². The van der Waals surface area contributed by atoms with Crippen LogP contribution in [0, 0.1) is 0 Å². The van der Waals surface area contributed by atoms with E-state index >= 15 is 0 Å². The van der Waals surface area contributed by atoms with Crippen LogP contribution in [0.4, 0.5) is 18.9 Å². The van der Waals surface area contributed by atoms with E-state index in [1.807, 2.05) is 6.92 Å². The Morgan fingerprint density at radius 1 is 1.39 bits per heavy atom. The van der Waals surface area contributed by atoms with Gasteiger partial charge in [0.15, 0.2) is 0 Å². The van der Waals surface area contributed by atoms with Gasteiger partial charge in [0.25, 0.3) is 5.91 Å². The fourth-order valence-electron chi connectivity index (χ4n) is 1.62. The number of carbonyl (C=O) groups is 1. The van der Waals surface area contributed by atoms with E-state index in [1.165, 1.54) is 0 Å². The Hall–Kier alpha value is -1.72. The van der Waals surface area contributed by atoms with Gasteiger partial charge in [0, 0.05) is 16.8 Å². The van der Waals surface area contributed by atoms with Crippen LogP contribution in [0.1, 0.15) is 35.7 Å². The molecule has 3 nitrogen and oxygen atoms in total. The van der Waals surface area contributed by atoms with Crippen molar-refractivity contribution in [2.24, 2.45) is 0 Å². The molecule has 1 aliphatic rings. The van der Waals surface area contributed by atoms with Crippen molar-refractivity contribution in [2.75, 3.05) is 5.73 Å². The first kappa shape index (κ1) is 12.7. The van der Waals surface area contributed by atoms with Gasteiger partial charge in [0.05, 0.1) is 5.56 Å². The number of nitrogens with two attached hydrogens (primary N) is 1. The summed E-state index contributed by atoms with van der Waals surface area (Å²) >= 11 is 0. The van der Waals surface area contributed by atoms with Gasteiger partial charge >= 0.3 is 6.18 Å². The molecule has 1 fully saturated rings. The van der Waals surface area contributed by atoms with Crippen LogP contribution in [0.5, 0.6) is 0 Å². The molecule has 3 N–H and O–H groups in total. The summed E-state index contributed by atoms with van der Waals surface area (Å²) in [6, 6.07) is 3.03. The summed E-state index contributed by atoms with van der Waals surface area (Å²) in [5.41, 5.74) is 3.90. The zero-order valence-electron chi connectivity index (χ0n) is 9.77. The van der Waals surface area contributed by atoms with Crippen molar-refractivity contribution < 1.29 is 18.0 Å². The third kappa shape index (κ3) is 2.57. The lowest BCUT2D eigenvalue weighted by Gasteiger charge is -2.14. The second-order valence-corrected chi connectivity index (χ2v) is 4.81. The summed E-state index contributed by atoms with van der Waals surface area (Å²) < 4.78 is 37.4. The number of hydrogen-bond donors (Lipinski definition) is 2. The van der Waals surface area contributed by atoms with Gasteiger partial charge in [-0.25, -0.2) is 0 Å². The molecule has 1 aliphatic carbocycles. The topological polar surface area (TPSA) is 55.1 Å². The average Bonchev–Trinajstić information content (AvgIpc) is 2.93. The Balaban J connectivity index is 2.21. The van der Waals surface area contributed by atoms with Gasteiger partial charge < -0.3 is 11.1 Å². The predicted molar refractivity (Wildman–Crippen MR) is 61.0 cm³/mol. The van der Waals surface area contributed by atoms with Crippen molar-refractivity contribution in [2.45, 2.75) is 31.5 Å². The standard InChI is InChI=1S/C12H13F3N2O/c1-11(4-5-11)17-10(18)7-2-3-8(9(16)6-7)12(13,14)15/h2-3,6H,4-5,16H2,1H3,(H,17,18). The highest BCUT2D eigenvalue weighted by Crippen LogP contribution is 2.36. The number of amides is 1. The third-order valence-electron chi connectivity index (χ3n) is 3.03. The van der Waals surface area contributed by atoms with Crippen molar-refractivity contribution >= 4 is 11.6 Å². The Labute approximate surface area is 102 Å². The lowest BCUT2D eigenvalue weighted by Crippen LogP contribution is -2.34. The van der Waals surface area contributed by atoms with Gasteiger partial charge in [-0.15, -0.1) is 0 Å². The zero-order chi connectivity index (χ0) is 13.6. The number of hydrogen-bond acceptors (Lipinski definition) is 2. The van der Waals surface area contributed by atoms with Gasteiger partial charge in [0.2, 0.25) is 0 Å². The van der Waals surface area contributed by atoms with Crippen LogP contribution in [0.3, 0.4) is 0 Å². The summed E-state index contributed by atoms with van der Waals surface area (Å²) in [6.07, 6.45) is -2.73. The Morgan fingerprint density at radius 2 is 2.00 bits per heavy atom. The molecule has 1 amide bonds. The minimum Gasteiger partial charge on any atom is -0.398 e. The van der Waals surface area contributed by atoms with Crippen molar-refractivity contribution in [3.63, 3.8) is 0 Å². The highest BCUT2D eigenvalue weighted by atomic mass is 19.4. The molecule has 0 spiro atoms. The molecule has 0 heterocycles. The summed E-state index contributed by atoms with van der Waals surface area (Å²) in [6.45, 7) is 1.89. The first-order valence-electron chi connectivity index (χ1n) is 5.50. The average molecular weight is 258 g/mol. The third-order valence-corrected chi connectivity index (χ3v) is 3.03. The quantitative estimate of drug-likeness (QED) is 0.801. The van der Waals surface area contributed by atoms with E-state index < -0.39 is 23.3 Å². The van der Waals surface area contributed by atoms with Crippen molar-refractivity contribution in [3.8, 4) is 0 Å². The molecule has 98 valence electrons. The van der Waals surface area contributed by atoms with Crippen molar-refractivity contribution in [3.05, 3.63) is 29.3 Å². The zero-order valence-corrected chi connectivity index (χ0v) is 9.77. The van der Waals surface area contributed by atoms with Crippen molar-refractivity contribution in [1.29, 1.82) is 0 Å². The lowest BCUT2D eigenvalue weighted by molar-refractivity contribution is -0.136. The van der Waals surface area contributed by atoms with Crippen LogP contribution in [0.2, 0.25) is 0 Å². The molecule has 0 atom stereocenters. The van der Waals surface area contributed by atoms with E-state index in [2.05, 4.69) is 5.32 Å². The second kappa shape index (κ2) is 3.90. The number of nitrogens with one attached hydrogen (secondary N) is 1. The molecule has 0 aromatic heterocycles. The molecule has 0 bridgehead atoms. The Morgan fingerprint density at radius 3 is 2.44 bits per heavy atom. The molecule has 1 aromatic rings. The monoisotopic (exact) mass is 258 g/mol. The highest BCUT2D eigenvalue weighted by Gasteiger charge is 2.39. The van der Waals surface area contributed by atoms with E-state index in [1.54, 1.807) is 0 Å². The fourth-order valence-corrected chi connectivity index (χ4v) is 1.62. The summed E-state index contributed by atoms with van der Waals surface area (Å²) in [5.74, 6) is -0.393. The predicted octanol–water partition coefficient (Wildman–Crippen LogP) is 2.57. The first-order valence-corrected chi connectivity index (χ1v) is 5.50. The van der Waals surface area contributed by atoms with Crippen molar-refractivity contribution in [1.82, 2.24) is 5.32 Å². The summed E-state index contributed by atoms with van der Waals surface area (Å²) in [5, 5.41) is 2.76. The van der Waals surface area contributed by atoms with E-state index in [9.17, 15) is 18.0 Å². The number of rotatable bonds is 2. The molecule has 0 saturated heterocycles. The number of carbonyl (C=O) groups excluding carboxylic acids is 1. The minimum absolute atomic E-state index is 0.147. The molecule has 0 radical (unpaired) electrons. The van der Waals surface area contributed by atoms with Crippen LogP contribution in [-0.4, -0.2) is 11.4 Å². The molecule has 1 saturated carbocycles. The van der Waals surface area contributed by atoms with Crippen LogP contribution in [0.25, 0.3) is 0 Å². The Kier molecular flexibility index (Phi) is 2.76. The fraction of sp³-hybridized carbons (Fsp3) is 0.417. The molecule has 2 rings (SSSR count). The lowest BCUT2D eigenvalue weighted by atomic mass is 10.1. The number of halogens is 3.